The van der Waals surface area contributed by atoms with Crippen LogP contribution in [0.4, 0.5) is 0 Å². The Hall–Kier alpha value is -0.650. The van der Waals surface area contributed by atoms with Crippen molar-refractivity contribution in [3.05, 3.63) is 0 Å². The number of aliphatic hydroxyl groups is 1. The third-order valence-corrected chi connectivity index (χ3v) is 3.67. The maximum atomic E-state index is 11.2. The quantitative estimate of drug-likeness (QED) is 0.673. The van der Waals surface area contributed by atoms with Crippen molar-refractivity contribution in [2.24, 2.45) is 0 Å². The van der Waals surface area contributed by atoms with E-state index >= 15 is 0 Å². The minimum Gasteiger partial charge on any atom is -0.469 e. The highest BCUT2D eigenvalue weighted by atomic mass is 16.5. The van der Waals surface area contributed by atoms with Crippen molar-refractivity contribution in [2.45, 2.75) is 51.2 Å². The van der Waals surface area contributed by atoms with Crippen LogP contribution < -0.4 is 0 Å². The molecule has 2 atom stereocenters. The fraction of sp³-hybridized carbons (Fsp3) is 0.929. The molecule has 0 aromatic carbocycles. The zero-order chi connectivity index (χ0) is 14.3. The van der Waals surface area contributed by atoms with Gasteiger partial charge < -0.3 is 14.6 Å². The van der Waals surface area contributed by atoms with Crippen LogP contribution in [-0.2, 0) is 14.3 Å². The first kappa shape index (κ1) is 16.4. The van der Waals surface area contributed by atoms with E-state index in [1.165, 1.54) is 7.11 Å². The summed E-state index contributed by atoms with van der Waals surface area (Å²) in [5.74, 6) is -0.214. The highest BCUT2D eigenvalue weighted by Gasteiger charge is 2.26. The monoisotopic (exact) mass is 273 g/mol. The summed E-state index contributed by atoms with van der Waals surface area (Å²) in [6.45, 7) is 6.54. The average Bonchev–Trinajstić information content (AvgIpc) is 2.88. The maximum Gasteiger partial charge on any atom is 0.306 e. The molecule has 2 unspecified atom stereocenters. The molecule has 1 heterocycles. The number of hydrogen-bond acceptors (Lipinski definition) is 5. The van der Waals surface area contributed by atoms with Crippen molar-refractivity contribution in [3.8, 4) is 0 Å². The first-order valence-corrected chi connectivity index (χ1v) is 7.10. The average molecular weight is 273 g/mol. The number of methoxy groups -OCH3 is 1. The highest BCUT2D eigenvalue weighted by molar-refractivity contribution is 5.69. The number of hydrogen-bond donors (Lipinski definition) is 1. The van der Waals surface area contributed by atoms with Gasteiger partial charge in [0, 0.05) is 26.2 Å². The number of carbonyl (C=O) groups excluding carboxylic acids is 1. The van der Waals surface area contributed by atoms with Gasteiger partial charge >= 0.3 is 5.97 Å². The van der Waals surface area contributed by atoms with Crippen LogP contribution in [0.25, 0.3) is 0 Å². The second-order valence-electron chi connectivity index (χ2n) is 5.55. The highest BCUT2D eigenvalue weighted by Crippen LogP contribution is 2.17. The molecule has 1 fully saturated rings. The van der Waals surface area contributed by atoms with E-state index in [1.54, 1.807) is 0 Å². The van der Waals surface area contributed by atoms with E-state index < -0.39 is 5.60 Å². The smallest absolute Gasteiger partial charge is 0.306 e. The van der Waals surface area contributed by atoms with Gasteiger partial charge in [0.15, 0.2) is 0 Å². The summed E-state index contributed by atoms with van der Waals surface area (Å²) in [6.07, 6.45) is 3.42. The summed E-state index contributed by atoms with van der Waals surface area (Å²) in [5.41, 5.74) is -0.727. The zero-order valence-electron chi connectivity index (χ0n) is 12.4. The van der Waals surface area contributed by atoms with Gasteiger partial charge in [-0.05, 0) is 26.2 Å². The maximum absolute atomic E-state index is 11.2. The second kappa shape index (κ2) is 7.82. The number of rotatable bonds is 8. The molecule has 1 N–H and O–H groups in total. The fourth-order valence-corrected chi connectivity index (χ4v) is 2.26. The Labute approximate surface area is 115 Å². The molecule has 112 valence electrons. The molecule has 0 spiro atoms. The van der Waals surface area contributed by atoms with E-state index in [0.717, 1.165) is 26.0 Å². The summed E-state index contributed by atoms with van der Waals surface area (Å²) in [7, 11) is 1.40. The third kappa shape index (κ3) is 6.36. The molecule has 0 aliphatic carbocycles. The van der Waals surface area contributed by atoms with Crippen molar-refractivity contribution in [1.29, 1.82) is 0 Å². The zero-order valence-corrected chi connectivity index (χ0v) is 12.4. The van der Waals surface area contributed by atoms with Crippen molar-refractivity contribution in [1.82, 2.24) is 4.90 Å². The Bertz CT molecular complexity index is 275. The predicted molar refractivity (Wildman–Crippen MR) is 73.0 cm³/mol. The van der Waals surface area contributed by atoms with Gasteiger partial charge in [-0.15, -0.1) is 0 Å². The minimum absolute atomic E-state index is 0.214. The van der Waals surface area contributed by atoms with Crippen molar-refractivity contribution >= 4 is 5.97 Å². The Balaban J connectivity index is 2.48. The van der Waals surface area contributed by atoms with Crippen LogP contribution in [0.2, 0.25) is 0 Å². The molecule has 5 heteroatoms. The molecule has 0 amide bonds. The van der Waals surface area contributed by atoms with Crippen LogP contribution >= 0.6 is 0 Å². The Morgan fingerprint density at radius 1 is 1.58 bits per heavy atom. The summed E-state index contributed by atoms with van der Waals surface area (Å²) < 4.78 is 10.3. The third-order valence-electron chi connectivity index (χ3n) is 3.67. The van der Waals surface area contributed by atoms with Crippen LogP contribution in [0.15, 0.2) is 0 Å². The summed E-state index contributed by atoms with van der Waals surface area (Å²) in [4.78, 5) is 13.4. The van der Waals surface area contributed by atoms with Gasteiger partial charge in [-0.25, -0.2) is 0 Å². The first-order valence-electron chi connectivity index (χ1n) is 7.10. The topological polar surface area (TPSA) is 59.0 Å². The van der Waals surface area contributed by atoms with Crippen molar-refractivity contribution in [2.75, 3.05) is 33.4 Å². The molecule has 0 saturated carbocycles. The molecule has 0 bridgehead atoms. The van der Waals surface area contributed by atoms with Crippen LogP contribution in [0.3, 0.4) is 0 Å². The van der Waals surface area contributed by atoms with Crippen LogP contribution in [0.1, 0.15) is 39.5 Å². The first-order chi connectivity index (χ1) is 8.96. The Morgan fingerprint density at radius 3 is 2.84 bits per heavy atom. The summed E-state index contributed by atoms with van der Waals surface area (Å²) in [5, 5.41) is 10.2. The molecule has 0 aromatic heterocycles. The summed E-state index contributed by atoms with van der Waals surface area (Å²) in [6, 6.07) is 0. The Kier molecular flexibility index (Phi) is 6.75. The number of carbonyl (C=O) groups is 1. The summed E-state index contributed by atoms with van der Waals surface area (Å²) >= 11 is 0. The standard InChI is InChI=1S/C14H27NO4/c1-4-14(2,17)11-15(8-7-13(16)18-3)10-12-6-5-9-19-12/h12,17H,4-11H2,1-3H3. The molecule has 1 aliphatic rings. The molecule has 0 aromatic rings. The van der Waals surface area contributed by atoms with E-state index in [0.29, 0.717) is 25.9 Å². The predicted octanol–water partition coefficient (Wildman–Crippen LogP) is 1.19. The largest absolute Gasteiger partial charge is 0.469 e. The van der Waals surface area contributed by atoms with Gasteiger partial charge in [-0.3, -0.25) is 9.69 Å². The van der Waals surface area contributed by atoms with Crippen molar-refractivity contribution < 1.29 is 19.4 Å². The molecule has 1 saturated heterocycles. The van der Waals surface area contributed by atoms with Gasteiger partial charge in [0.1, 0.15) is 0 Å². The number of ether oxygens (including phenoxy) is 2. The molecular formula is C14H27NO4. The number of esters is 1. The Morgan fingerprint density at radius 2 is 2.32 bits per heavy atom. The van der Waals surface area contributed by atoms with Crippen LogP contribution in [-0.4, -0.2) is 61.0 Å². The molecule has 0 radical (unpaired) electrons. The molecule has 19 heavy (non-hydrogen) atoms. The van der Waals surface area contributed by atoms with Gasteiger partial charge in [0.05, 0.1) is 25.2 Å². The van der Waals surface area contributed by atoms with E-state index in [4.69, 9.17) is 4.74 Å². The number of nitrogens with zero attached hydrogens (tertiary/aromatic N) is 1. The lowest BCUT2D eigenvalue weighted by Gasteiger charge is -2.32. The lowest BCUT2D eigenvalue weighted by atomic mass is 10.0. The normalized spacial score (nSPS) is 22.5. The second-order valence-corrected chi connectivity index (χ2v) is 5.55. The van der Waals surface area contributed by atoms with Crippen LogP contribution in [0.5, 0.6) is 0 Å². The molecular weight excluding hydrogens is 246 g/mol. The lowest BCUT2D eigenvalue weighted by molar-refractivity contribution is -0.141. The van der Waals surface area contributed by atoms with Crippen LogP contribution in [0, 0.1) is 0 Å². The van der Waals surface area contributed by atoms with Crippen molar-refractivity contribution in [3.63, 3.8) is 0 Å². The van der Waals surface area contributed by atoms with E-state index in [9.17, 15) is 9.90 Å². The van der Waals surface area contributed by atoms with E-state index in [2.05, 4.69) is 9.64 Å². The van der Waals surface area contributed by atoms with E-state index in [1.807, 2.05) is 13.8 Å². The fourth-order valence-electron chi connectivity index (χ4n) is 2.26. The lowest BCUT2D eigenvalue weighted by Crippen LogP contribution is -2.44. The molecule has 1 rings (SSSR count). The van der Waals surface area contributed by atoms with Gasteiger partial charge in [-0.2, -0.15) is 0 Å². The molecule has 5 nitrogen and oxygen atoms in total. The minimum atomic E-state index is -0.727. The SMILES string of the molecule is CCC(C)(O)CN(CCC(=O)OC)CC1CCCO1. The van der Waals surface area contributed by atoms with Gasteiger partial charge in [0.2, 0.25) is 0 Å². The van der Waals surface area contributed by atoms with Gasteiger partial charge in [-0.1, -0.05) is 6.92 Å². The van der Waals surface area contributed by atoms with E-state index in [-0.39, 0.29) is 12.1 Å². The van der Waals surface area contributed by atoms with Gasteiger partial charge in [0.25, 0.3) is 0 Å². The molecule has 1 aliphatic heterocycles.